The number of nitrogens with zero attached hydrogens (tertiary/aromatic N) is 6. The summed E-state index contributed by atoms with van der Waals surface area (Å²) in [6.45, 7) is 9.97. The molecular weight excluding hydrogens is 1020 g/mol. The van der Waals surface area contributed by atoms with E-state index in [1.165, 1.54) is 154 Å². The van der Waals surface area contributed by atoms with Crippen LogP contribution in [0, 0.1) is 0 Å². The molecule has 4 atom stereocenters. The van der Waals surface area contributed by atoms with Crippen molar-refractivity contribution < 1.29 is 0 Å². The van der Waals surface area contributed by atoms with Crippen LogP contribution in [0.15, 0.2) is 243 Å². The van der Waals surface area contributed by atoms with Crippen molar-refractivity contribution in [3.05, 3.63) is 265 Å². The van der Waals surface area contributed by atoms with E-state index in [0.717, 1.165) is 11.4 Å². The Bertz CT molecular complexity index is 5090. The van der Waals surface area contributed by atoms with Gasteiger partial charge in [-0.1, -0.05) is 125 Å². The number of hydrogen-bond acceptors (Lipinski definition) is 2. The second-order valence-corrected chi connectivity index (χ2v) is 23.9. The Labute approximate surface area is 485 Å². The van der Waals surface area contributed by atoms with Crippen LogP contribution < -0.4 is 0 Å². The molecule has 0 radical (unpaired) electrons. The molecule has 0 saturated carbocycles. The molecule has 6 heteroatoms. The third kappa shape index (κ3) is 6.45. The fourth-order valence-electron chi connectivity index (χ4n) is 15.5. The molecule has 2 aliphatic rings. The molecule has 0 N–H and O–H groups in total. The lowest BCUT2D eigenvalue weighted by molar-refractivity contribution is 0.584. The maximum absolute atomic E-state index is 4.77. The molecule has 4 unspecified atom stereocenters. The van der Waals surface area contributed by atoms with Gasteiger partial charge in [0.1, 0.15) is 0 Å². The van der Waals surface area contributed by atoms with Crippen LogP contribution in [0.2, 0.25) is 0 Å². The third-order valence-corrected chi connectivity index (χ3v) is 19.7. The van der Waals surface area contributed by atoms with Crippen molar-refractivity contribution in [2.75, 3.05) is 0 Å². The lowest BCUT2D eigenvalue weighted by Gasteiger charge is -2.42. The van der Waals surface area contributed by atoms with Crippen LogP contribution in [0.1, 0.15) is 73.6 Å². The first kappa shape index (κ1) is 47.4. The van der Waals surface area contributed by atoms with Gasteiger partial charge in [0, 0.05) is 66.9 Å². The van der Waals surface area contributed by atoms with Crippen molar-refractivity contribution in [2.45, 2.75) is 51.4 Å². The molecule has 16 aromatic rings. The summed E-state index contributed by atoms with van der Waals surface area (Å²) < 4.78 is 9.87. The quantitative estimate of drug-likeness (QED) is 0.167. The third-order valence-electron chi connectivity index (χ3n) is 19.7. The van der Waals surface area contributed by atoms with E-state index in [1.807, 2.05) is 24.8 Å². The Morgan fingerprint density at radius 1 is 0.274 bits per heavy atom. The van der Waals surface area contributed by atoms with Crippen molar-refractivity contribution in [3.8, 4) is 56.1 Å². The summed E-state index contributed by atoms with van der Waals surface area (Å²) in [6.07, 6.45) is 7.87. The van der Waals surface area contributed by atoms with Gasteiger partial charge < -0.3 is 18.3 Å². The van der Waals surface area contributed by atoms with Crippen LogP contribution in [0.5, 0.6) is 0 Å². The van der Waals surface area contributed by atoms with E-state index in [1.54, 1.807) is 0 Å². The van der Waals surface area contributed by atoms with Gasteiger partial charge in [-0.25, -0.2) is 0 Å². The average Bonchev–Trinajstić information content (AvgIpc) is 1.37. The highest BCUT2D eigenvalue weighted by Crippen LogP contribution is 2.62. The molecule has 0 spiro atoms. The normalized spacial score (nSPS) is 16.6. The smallest absolute Gasteiger partial charge is 0.0645 e. The van der Waals surface area contributed by atoms with Gasteiger partial charge >= 0.3 is 0 Å². The molecule has 6 nitrogen and oxygen atoms in total. The number of aromatic nitrogens is 6. The van der Waals surface area contributed by atoms with Gasteiger partial charge in [-0.15, -0.1) is 0 Å². The Balaban J connectivity index is 0.870. The molecule has 6 heterocycles. The van der Waals surface area contributed by atoms with E-state index in [9.17, 15) is 0 Å². The molecule has 398 valence electrons. The lowest BCUT2D eigenvalue weighted by atomic mass is 9.62. The molecule has 6 aromatic heterocycles. The molecular formula is C78H56N6. The Hall–Kier alpha value is -10.3. The predicted molar refractivity (Wildman–Crippen MR) is 349 cm³/mol. The van der Waals surface area contributed by atoms with Crippen molar-refractivity contribution in [1.29, 1.82) is 0 Å². The second-order valence-electron chi connectivity index (χ2n) is 23.9. The minimum Gasteiger partial charge on any atom is -0.309 e. The SMILES string of the molecule is CC1c2cc3c4cc(-c5ccc6c(c5)c5ccccc5n6-c5ccccc5)ccc4n(-c4cccnc4)c3c3c2-c2c(cc4c5cc(-c6ccc7c(c6)c6ccccc6n7-c6ccccc6)ccc5n(-c5cccnc5)c4c2C(C)C3C)C1C. The summed E-state index contributed by atoms with van der Waals surface area (Å²) in [5.41, 5.74) is 27.7. The van der Waals surface area contributed by atoms with Gasteiger partial charge in [-0.3, -0.25) is 9.97 Å². The first-order valence-electron chi connectivity index (χ1n) is 29.7. The summed E-state index contributed by atoms with van der Waals surface area (Å²) in [5, 5.41) is 10.1. The number of rotatable bonds is 6. The lowest BCUT2D eigenvalue weighted by Crippen LogP contribution is -2.24. The van der Waals surface area contributed by atoms with Crippen LogP contribution in [-0.2, 0) is 0 Å². The maximum atomic E-state index is 4.77. The number of para-hydroxylation sites is 4. The standard InChI is InChI=1S/C78H56N6/c1-45-46(2)60-42-66-64-40-52(50-28-32-70-62(38-50)58-24-12-14-26-68(58)82(70)54-19-9-6-10-20-54)30-34-72(64)84(56-22-16-36-80-44-56)78(66)74-48(4)47(3)73-75(76(60)74)59(45)41-65-63-39-51(29-33-71(63)83(77(65)73)55-21-15-35-79-43-55)49-27-31-69-61(37-49)57-23-11-13-25-67(57)81(69)53-17-7-5-8-18-53/h5-48H,1-4H3. The van der Waals surface area contributed by atoms with Crippen LogP contribution in [0.3, 0.4) is 0 Å². The van der Waals surface area contributed by atoms with E-state index in [4.69, 9.17) is 9.97 Å². The molecule has 84 heavy (non-hydrogen) atoms. The van der Waals surface area contributed by atoms with Crippen LogP contribution in [0.25, 0.3) is 143 Å². The number of pyridine rings is 2. The first-order valence-corrected chi connectivity index (χ1v) is 29.7. The van der Waals surface area contributed by atoms with Gasteiger partial charge in [-0.2, -0.15) is 0 Å². The molecule has 0 saturated heterocycles. The fraction of sp³-hybridized carbons (Fsp3) is 0.103. The summed E-state index contributed by atoms with van der Waals surface area (Å²) in [4.78, 5) is 9.54. The van der Waals surface area contributed by atoms with Crippen molar-refractivity contribution in [2.24, 2.45) is 0 Å². The number of benzene rings is 10. The highest BCUT2D eigenvalue weighted by molar-refractivity contribution is 6.19. The largest absolute Gasteiger partial charge is 0.309 e. The molecule has 18 rings (SSSR count). The zero-order valence-electron chi connectivity index (χ0n) is 47.1. The number of fused-ring (bicyclic) bond motifs is 14. The van der Waals surface area contributed by atoms with Crippen molar-refractivity contribution in [3.63, 3.8) is 0 Å². The Morgan fingerprint density at radius 3 is 0.988 bits per heavy atom. The summed E-state index contributed by atoms with van der Waals surface area (Å²) in [6, 6.07) is 81.4. The van der Waals surface area contributed by atoms with Gasteiger partial charge in [-0.05, 0) is 201 Å². The van der Waals surface area contributed by atoms with E-state index in [-0.39, 0.29) is 23.7 Å². The highest BCUT2D eigenvalue weighted by atomic mass is 15.0. The minimum atomic E-state index is 0.165. The van der Waals surface area contributed by atoms with E-state index < -0.39 is 0 Å². The zero-order valence-corrected chi connectivity index (χ0v) is 47.1. The van der Waals surface area contributed by atoms with Crippen LogP contribution >= 0.6 is 0 Å². The monoisotopic (exact) mass is 1080 g/mol. The van der Waals surface area contributed by atoms with Crippen LogP contribution in [-0.4, -0.2) is 28.2 Å². The molecule has 0 aliphatic heterocycles. The van der Waals surface area contributed by atoms with Gasteiger partial charge in [0.05, 0.1) is 67.9 Å². The van der Waals surface area contributed by atoms with Gasteiger partial charge in [0.25, 0.3) is 0 Å². The number of hydrogen-bond donors (Lipinski definition) is 0. The van der Waals surface area contributed by atoms with Crippen molar-refractivity contribution in [1.82, 2.24) is 28.2 Å². The molecule has 0 bridgehead atoms. The Morgan fingerprint density at radius 2 is 0.607 bits per heavy atom. The highest BCUT2D eigenvalue weighted by Gasteiger charge is 2.42. The van der Waals surface area contributed by atoms with E-state index >= 15 is 0 Å². The summed E-state index contributed by atoms with van der Waals surface area (Å²) in [5.74, 6) is 0.854. The molecule has 2 aliphatic carbocycles. The maximum Gasteiger partial charge on any atom is 0.0645 e. The first-order chi connectivity index (χ1) is 41.4. The summed E-state index contributed by atoms with van der Waals surface area (Å²) in [7, 11) is 0. The van der Waals surface area contributed by atoms with Gasteiger partial charge in [0.15, 0.2) is 0 Å². The Kier molecular flexibility index (Phi) is 9.92. The molecule has 0 amide bonds. The fourth-order valence-corrected chi connectivity index (χ4v) is 15.5. The van der Waals surface area contributed by atoms with Crippen LogP contribution in [0.4, 0.5) is 0 Å². The molecule has 10 aromatic carbocycles. The summed E-state index contributed by atoms with van der Waals surface area (Å²) >= 11 is 0. The predicted octanol–water partition coefficient (Wildman–Crippen LogP) is 20.3. The second kappa shape index (κ2) is 17.6. The van der Waals surface area contributed by atoms with Crippen molar-refractivity contribution >= 4 is 87.2 Å². The van der Waals surface area contributed by atoms with E-state index in [0.29, 0.717) is 0 Å². The van der Waals surface area contributed by atoms with E-state index in [2.05, 4.69) is 264 Å². The average molecular weight is 1080 g/mol. The topological polar surface area (TPSA) is 45.5 Å². The van der Waals surface area contributed by atoms with Gasteiger partial charge in [0.2, 0.25) is 0 Å². The molecule has 0 fully saturated rings. The minimum absolute atomic E-state index is 0.165. The zero-order chi connectivity index (χ0) is 55.6.